The maximum atomic E-state index is 12.3. The molecule has 0 radical (unpaired) electrons. The zero-order valence-corrected chi connectivity index (χ0v) is 14.0. The van der Waals surface area contributed by atoms with E-state index in [0.717, 1.165) is 31.7 Å². The molecule has 25 heavy (non-hydrogen) atoms. The molecule has 1 aromatic heterocycles. The second-order valence-electron chi connectivity index (χ2n) is 7.06. The van der Waals surface area contributed by atoms with Crippen LogP contribution in [0.2, 0.25) is 0 Å². The number of benzene rings is 1. The Bertz CT molecular complexity index is 718. The van der Waals surface area contributed by atoms with Gasteiger partial charge >= 0.3 is 0 Å². The van der Waals surface area contributed by atoms with Gasteiger partial charge in [-0.1, -0.05) is 18.2 Å². The first-order valence-corrected chi connectivity index (χ1v) is 8.79. The number of Topliss-reactive ketones (excluding diaryl/α,β-unsaturated/α-hetero) is 1. The molecule has 2 heterocycles. The number of carbonyl (C=O) groups excluding carboxylic acids is 1. The summed E-state index contributed by atoms with van der Waals surface area (Å²) >= 11 is 0. The summed E-state index contributed by atoms with van der Waals surface area (Å²) in [5.41, 5.74) is 0.417. The fraction of sp³-hybridized carbons (Fsp3) is 0.400. The largest absolute Gasteiger partial charge is 0.506 e. The van der Waals surface area contributed by atoms with Crippen LogP contribution in [-0.4, -0.2) is 46.5 Å². The van der Waals surface area contributed by atoms with E-state index < -0.39 is 0 Å². The van der Waals surface area contributed by atoms with Crippen molar-refractivity contribution in [3.05, 3.63) is 54.4 Å². The third-order valence-corrected chi connectivity index (χ3v) is 5.23. The predicted octanol–water partition coefficient (Wildman–Crippen LogP) is 2.76. The number of hydrogen-bond donors (Lipinski definition) is 1. The van der Waals surface area contributed by atoms with E-state index in [1.54, 1.807) is 6.07 Å². The first kappa shape index (κ1) is 16.1. The second kappa shape index (κ2) is 6.84. The average molecular weight is 338 g/mol. The molecule has 1 aromatic carbocycles. The molecule has 1 N–H and O–H groups in total. The molecule has 5 nitrogen and oxygen atoms in total. The van der Waals surface area contributed by atoms with Crippen LogP contribution < -0.4 is 4.74 Å². The fourth-order valence-electron chi connectivity index (χ4n) is 4.09. The van der Waals surface area contributed by atoms with E-state index in [-0.39, 0.29) is 17.6 Å². The van der Waals surface area contributed by atoms with E-state index >= 15 is 0 Å². The highest BCUT2D eigenvalue weighted by atomic mass is 16.5. The summed E-state index contributed by atoms with van der Waals surface area (Å²) in [6, 6.07) is 13.1. The number of hydrogen-bond acceptors (Lipinski definition) is 5. The van der Waals surface area contributed by atoms with Crippen molar-refractivity contribution in [2.75, 3.05) is 19.6 Å². The van der Waals surface area contributed by atoms with Crippen molar-refractivity contribution in [3.8, 4) is 11.5 Å². The van der Waals surface area contributed by atoms with Crippen LogP contribution in [0.25, 0.3) is 0 Å². The summed E-state index contributed by atoms with van der Waals surface area (Å²) in [6.45, 7) is 2.29. The Morgan fingerprint density at radius 2 is 1.84 bits per heavy atom. The van der Waals surface area contributed by atoms with E-state index in [1.807, 2.05) is 30.3 Å². The van der Waals surface area contributed by atoms with Crippen molar-refractivity contribution >= 4 is 5.78 Å². The molecule has 0 unspecified atom stereocenters. The third-order valence-electron chi connectivity index (χ3n) is 5.23. The van der Waals surface area contributed by atoms with Gasteiger partial charge in [0.2, 0.25) is 0 Å². The van der Waals surface area contributed by atoms with E-state index in [1.165, 1.54) is 12.3 Å². The van der Waals surface area contributed by atoms with Gasteiger partial charge in [-0.25, -0.2) is 4.98 Å². The molecule has 1 aliphatic heterocycles. The molecule has 1 saturated carbocycles. The lowest BCUT2D eigenvalue weighted by atomic mass is 10.0. The Hall–Kier alpha value is -2.40. The van der Waals surface area contributed by atoms with Crippen LogP contribution in [0.4, 0.5) is 0 Å². The number of likely N-dealkylation sites (tertiary alicyclic amines) is 1. The van der Waals surface area contributed by atoms with Gasteiger partial charge in [0.15, 0.2) is 5.78 Å². The van der Waals surface area contributed by atoms with Gasteiger partial charge in [-0.2, -0.15) is 0 Å². The van der Waals surface area contributed by atoms with Crippen molar-refractivity contribution < 1.29 is 14.6 Å². The summed E-state index contributed by atoms with van der Waals surface area (Å²) in [5.74, 6) is 2.25. The molecule has 4 rings (SSSR count). The van der Waals surface area contributed by atoms with Crippen LogP contribution in [0.5, 0.6) is 11.5 Å². The number of ketones is 1. The normalized spacial score (nSPS) is 25.7. The fourth-order valence-corrected chi connectivity index (χ4v) is 4.09. The molecule has 5 heteroatoms. The van der Waals surface area contributed by atoms with Crippen molar-refractivity contribution in [3.63, 3.8) is 0 Å². The predicted molar refractivity (Wildman–Crippen MR) is 93.7 cm³/mol. The van der Waals surface area contributed by atoms with Crippen LogP contribution in [0.1, 0.15) is 23.3 Å². The van der Waals surface area contributed by atoms with Gasteiger partial charge in [0, 0.05) is 13.1 Å². The van der Waals surface area contributed by atoms with Crippen LogP contribution >= 0.6 is 0 Å². The molecule has 2 fully saturated rings. The highest BCUT2D eigenvalue weighted by molar-refractivity contribution is 5.95. The molecule has 130 valence electrons. The zero-order valence-electron chi connectivity index (χ0n) is 14.0. The Morgan fingerprint density at radius 3 is 2.48 bits per heavy atom. The number of aromatic nitrogens is 1. The summed E-state index contributed by atoms with van der Waals surface area (Å²) in [6.07, 6.45) is 3.72. The molecule has 2 aliphatic rings. The van der Waals surface area contributed by atoms with Crippen LogP contribution in [0.15, 0.2) is 48.7 Å². The zero-order chi connectivity index (χ0) is 17.2. The van der Waals surface area contributed by atoms with Crippen LogP contribution in [0.3, 0.4) is 0 Å². The van der Waals surface area contributed by atoms with Gasteiger partial charge in [0.05, 0.1) is 18.8 Å². The standard InChI is InChI=1S/C20H22N2O3/c23-16-6-7-19(21-10-16)20(24)13-22-11-14-8-18(9-15(14)12-22)25-17-4-2-1-3-5-17/h1-7,10,14-15,18,23H,8-9,11-13H2/t14-,15+,18+. The van der Waals surface area contributed by atoms with Gasteiger partial charge in [0.1, 0.15) is 17.2 Å². The van der Waals surface area contributed by atoms with E-state index in [9.17, 15) is 9.90 Å². The number of pyridine rings is 1. The van der Waals surface area contributed by atoms with Gasteiger partial charge in [-0.3, -0.25) is 9.69 Å². The summed E-state index contributed by atoms with van der Waals surface area (Å²) in [7, 11) is 0. The quantitative estimate of drug-likeness (QED) is 0.850. The lowest BCUT2D eigenvalue weighted by Crippen LogP contribution is -2.30. The number of para-hydroxylation sites is 1. The molecular weight excluding hydrogens is 316 g/mol. The summed E-state index contributed by atoms with van der Waals surface area (Å²) in [4.78, 5) is 18.6. The van der Waals surface area contributed by atoms with Crippen molar-refractivity contribution in [1.82, 2.24) is 9.88 Å². The topological polar surface area (TPSA) is 62.7 Å². The third kappa shape index (κ3) is 3.66. The number of fused-ring (bicyclic) bond motifs is 1. The van der Waals surface area contributed by atoms with E-state index in [0.29, 0.717) is 24.1 Å². The first-order chi connectivity index (χ1) is 12.2. The molecule has 0 amide bonds. The maximum Gasteiger partial charge on any atom is 0.195 e. The highest BCUT2D eigenvalue weighted by Gasteiger charge is 2.42. The lowest BCUT2D eigenvalue weighted by molar-refractivity contribution is 0.0932. The van der Waals surface area contributed by atoms with Gasteiger partial charge < -0.3 is 9.84 Å². The van der Waals surface area contributed by atoms with Crippen molar-refractivity contribution in [1.29, 1.82) is 0 Å². The molecule has 3 atom stereocenters. The van der Waals surface area contributed by atoms with Gasteiger partial charge in [0.25, 0.3) is 0 Å². The number of ether oxygens (including phenoxy) is 1. The minimum absolute atomic E-state index is 0.0112. The van der Waals surface area contributed by atoms with Crippen LogP contribution in [-0.2, 0) is 0 Å². The number of nitrogens with zero attached hydrogens (tertiary/aromatic N) is 2. The second-order valence-corrected chi connectivity index (χ2v) is 7.06. The highest BCUT2D eigenvalue weighted by Crippen LogP contribution is 2.39. The Labute approximate surface area is 147 Å². The summed E-state index contributed by atoms with van der Waals surface area (Å²) in [5, 5.41) is 9.27. The Morgan fingerprint density at radius 1 is 1.12 bits per heavy atom. The van der Waals surface area contributed by atoms with E-state index in [2.05, 4.69) is 9.88 Å². The maximum absolute atomic E-state index is 12.3. The molecule has 2 aromatic rings. The molecule has 1 aliphatic carbocycles. The smallest absolute Gasteiger partial charge is 0.195 e. The number of carbonyl (C=O) groups is 1. The van der Waals surface area contributed by atoms with Gasteiger partial charge in [-0.05, 0) is 48.9 Å². The number of aromatic hydroxyl groups is 1. The lowest BCUT2D eigenvalue weighted by Gasteiger charge is -2.19. The molecule has 1 saturated heterocycles. The summed E-state index contributed by atoms with van der Waals surface area (Å²) < 4.78 is 6.09. The van der Waals surface area contributed by atoms with Crippen molar-refractivity contribution in [2.45, 2.75) is 18.9 Å². The molecular formula is C20H22N2O3. The molecule has 0 bridgehead atoms. The minimum Gasteiger partial charge on any atom is -0.506 e. The first-order valence-electron chi connectivity index (χ1n) is 8.79. The Kier molecular flexibility index (Phi) is 4.40. The monoisotopic (exact) mass is 338 g/mol. The van der Waals surface area contributed by atoms with Crippen molar-refractivity contribution in [2.24, 2.45) is 11.8 Å². The van der Waals surface area contributed by atoms with Gasteiger partial charge in [-0.15, -0.1) is 0 Å². The minimum atomic E-state index is 0.0112. The SMILES string of the molecule is O=C(CN1C[C@H]2C[C@H](Oc3ccccc3)C[C@H]2C1)c1ccc(O)cn1. The van der Waals surface area contributed by atoms with E-state index in [4.69, 9.17) is 4.74 Å². The molecule has 0 spiro atoms. The Balaban J connectivity index is 1.29. The van der Waals surface area contributed by atoms with Crippen LogP contribution in [0, 0.1) is 11.8 Å². The number of rotatable bonds is 5. The average Bonchev–Trinajstić information content (AvgIpc) is 3.14.